The fraction of sp³-hybridized carbons (Fsp3) is 0. The van der Waals surface area contributed by atoms with E-state index >= 15 is 0 Å². The van der Waals surface area contributed by atoms with E-state index in [9.17, 15) is 0 Å². The van der Waals surface area contributed by atoms with Gasteiger partial charge in [-0.15, -0.1) is 0 Å². The largest absolute Gasteiger partial charge is 0.309 e. The first-order valence-electron chi connectivity index (χ1n) is 18.9. The molecule has 0 saturated heterocycles. The number of aromatic nitrogens is 5. The molecule has 0 atom stereocenters. The maximum atomic E-state index is 5.26. The van der Waals surface area contributed by atoms with Gasteiger partial charge in [-0.05, 0) is 41.0 Å². The zero-order chi connectivity index (χ0) is 37.0. The maximum Gasteiger partial charge on any atom is 0.238 e. The minimum Gasteiger partial charge on any atom is -0.309 e. The lowest BCUT2D eigenvalue weighted by atomic mass is 9.93. The van der Waals surface area contributed by atoms with Crippen LogP contribution in [-0.2, 0) is 0 Å². The summed E-state index contributed by atoms with van der Waals surface area (Å²) in [6.07, 6.45) is 0. The van der Waals surface area contributed by atoms with Gasteiger partial charge in [0.15, 0.2) is 11.6 Å². The summed E-state index contributed by atoms with van der Waals surface area (Å²) in [5.74, 6) is 1.82. The molecule has 8 aromatic carbocycles. The predicted molar refractivity (Wildman–Crippen MR) is 230 cm³/mol. The summed E-state index contributed by atoms with van der Waals surface area (Å²) < 4.78 is 4.70. The van der Waals surface area contributed by atoms with Crippen LogP contribution < -0.4 is 0 Å². The van der Waals surface area contributed by atoms with Crippen molar-refractivity contribution in [2.45, 2.75) is 0 Å². The van der Waals surface area contributed by atoms with Crippen LogP contribution in [-0.4, -0.2) is 24.1 Å². The van der Waals surface area contributed by atoms with Crippen molar-refractivity contribution in [2.75, 3.05) is 0 Å². The van der Waals surface area contributed by atoms with E-state index in [-0.39, 0.29) is 0 Å². The first kappa shape index (κ1) is 31.9. The Morgan fingerprint density at radius 2 is 0.839 bits per heavy atom. The molecule has 0 spiro atoms. The van der Waals surface area contributed by atoms with Crippen LogP contribution in [0.4, 0.5) is 0 Å². The van der Waals surface area contributed by atoms with Crippen LogP contribution in [0, 0.1) is 0 Å². The van der Waals surface area contributed by atoms with E-state index < -0.39 is 0 Å². The standard InChI is InChI=1S/C51H33N5/c1-5-18-34(19-6-1)38-28-17-31-44(46(38)35-20-7-2-8-21-35)55-43-30-16-14-27-41(43)47-45(55)33-32-40-39-26-13-15-29-42(39)56(48(40)47)51-53-49(36-22-9-3-10-23-36)52-50(54-51)37-24-11-4-12-25-37/h1-33H. The second-order valence-corrected chi connectivity index (χ2v) is 14.0. The quantitative estimate of drug-likeness (QED) is 0.172. The van der Waals surface area contributed by atoms with Gasteiger partial charge in [-0.2, -0.15) is 9.97 Å². The van der Waals surface area contributed by atoms with Crippen molar-refractivity contribution >= 4 is 43.6 Å². The van der Waals surface area contributed by atoms with Gasteiger partial charge in [0.25, 0.3) is 0 Å². The third kappa shape index (κ3) is 5.06. The van der Waals surface area contributed by atoms with Gasteiger partial charge in [0.2, 0.25) is 5.95 Å². The van der Waals surface area contributed by atoms with E-state index in [0.29, 0.717) is 17.6 Å². The fourth-order valence-electron chi connectivity index (χ4n) is 8.37. The summed E-state index contributed by atoms with van der Waals surface area (Å²) in [6.45, 7) is 0. The third-order valence-corrected chi connectivity index (χ3v) is 10.8. The Balaban J connectivity index is 1.28. The highest BCUT2D eigenvalue weighted by Crippen LogP contribution is 2.45. The number of hydrogen-bond donors (Lipinski definition) is 0. The SMILES string of the molecule is c1ccc(-c2nc(-c3ccccc3)nc(-n3c4ccccc4c4ccc5c(c6ccccc6n5-c5cccc(-c6ccccc6)c5-c5ccccc5)c43)n2)cc1. The minimum absolute atomic E-state index is 0.573. The van der Waals surface area contributed by atoms with Crippen molar-refractivity contribution in [3.8, 4) is 56.7 Å². The molecule has 56 heavy (non-hydrogen) atoms. The Morgan fingerprint density at radius 1 is 0.321 bits per heavy atom. The molecular weight excluding hydrogens is 683 g/mol. The molecule has 0 saturated carbocycles. The van der Waals surface area contributed by atoms with Crippen molar-refractivity contribution in [2.24, 2.45) is 0 Å². The first-order valence-corrected chi connectivity index (χ1v) is 18.9. The van der Waals surface area contributed by atoms with E-state index in [1.807, 2.05) is 36.4 Å². The molecule has 0 amide bonds. The molecule has 0 bridgehead atoms. The Labute approximate surface area is 323 Å². The number of fused-ring (bicyclic) bond motifs is 7. The highest BCUT2D eigenvalue weighted by atomic mass is 15.2. The Kier molecular flexibility index (Phi) is 7.42. The summed E-state index contributed by atoms with van der Waals surface area (Å²) in [4.78, 5) is 15.5. The third-order valence-electron chi connectivity index (χ3n) is 10.8. The number of hydrogen-bond acceptors (Lipinski definition) is 3. The Morgan fingerprint density at radius 3 is 1.46 bits per heavy atom. The molecule has 0 aliphatic carbocycles. The average Bonchev–Trinajstić information content (AvgIpc) is 3.80. The second-order valence-electron chi connectivity index (χ2n) is 14.0. The van der Waals surface area contributed by atoms with Crippen LogP contribution in [0.15, 0.2) is 200 Å². The van der Waals surface area contributed by atoms with Gasteiger partial charge >= 0.3 is 0 Å². The normalized spacial score (nSPS) is 11.6. The topological polar surface area (TPSA) is 48.5 Å². The second kappa shape index (κ2) is 13.0. The molecule has 262 valence electrons. The molecule has 5 heteroatoms. The fourth-order valence-corrected chi connectivity index (χ4v) is 8.37. The monoisotopic (exact) mass is 715 g/mol. The predicted octanol–water partition coefficient (Wildman–Crippen LogP) is 12.7. The summed E-state index contributed by atoms with van der Waals surface area (Å²) in [7, 11) is 0. The van der Waals surface area contributed by atoms with E-state index in [0.717, 1.165) is 66.0 Å². The van der Waals surface area contributed by atoms with Gasteiger partial charge in [-0.1, -0.05) is 176 Å². The summed E-state index contributed by atoms with van der Waals surface area (Å²) in [6, 6.07) is 70.4. The Bertz CT molecular complexity index is 3160. The molecule has 11 aromatic rings. The molecule has 0 N–H and O–H groups in total. The van der Waals surface area contributed by atoms with Gasteiger partial charge in [0, 0.05) is 38.2 Å². The van der Waals surface area contributed by atoms with Crippen molar-refractivity contribution in [1.82, 2.24) is 24.1 Å². The van der Waals surface area contributed by atoms with Crippen LogP contribution >= 0.6 is 0 Å². The van der Waals surface area contributed by atoms with Gasteiger partial charge in [0.1, 0.15) is 0 Å². The molecular formula is C51H33N5. The van der Waals surface area contributed by atoms with Crippen LogP contribution in [0.1, 0.15) is 0 Å². The number of rotatable bonds is 6. The van der Waals surface area contributed by atoms with Gasteiger partial charge in [0.05, 0.1) is 27.8 Å². The van der Waals surface area contributed by atoms with E-state index in [1.54, 1.807) is 0 Å². The van der Waals surface area contributed by atoms with E-state index in [4.69, 9.17) is 15.0 Å². The van der Waals surface area contributed by atoms with Crippen LogP contribution in [0.2, 0.25) is 0 Å². The van der Waals surface area contributed by atoms with Crippen LogP contribution in [0.25, 0.3) is 100 Å². The highest BCUT2D eigenvalue weighted by molar-refractivity contribution is 6.26. The molecule has 0 unspecified atom stereocenters. The molecule has 11 rings (SSSR count). The van der Waals surface area contributed by atoms with Crippen molar-refractivity contribution in [3.05, 3.63) is 200 Å². The molecule has 0 radical (unpaired) electrons. The Hall–Kier alpha value is -7.63. The molecule has 3 heterocycles. The smallest absolute Gasteiger partial charge is 0.238 e. The van der Waals surface area contributed by atoms with Crippen molar-refractivity contribution < 1.29 is 0 Å². The van der Waals surface area contributed by atoms with E-state index in [1.165, 1.54) is 16.7 Å². The zero-order valence-corrected chi connectivity index (χ0v) is 30.3. The lowest BCUT2D eigenvalue weighted by Crippen LogP contribution is -2.06. The summed E-state index contributed by atoms with van der Waals surface area (Å²) in [5, 5.41) is 4.57. The van der Waals surface area contributed by atoms with Gasteiger partial charge in [-0.25, -0.2) is 4.98 Å². The average molecular weight is 716 g/mol. The number of nitrogens with zero attached hydrogens (tertiary/aromatic N) is 5. The highest BCUT2D eigenvalue weighted by Gasteiger charge is 2.24. The first-order chi connectivity index (χ1) is 27.8. The lowest BCUT2D eigenvalue weighted by Gasteiger charge is -2.18. The van der Waals surface area contributed by atoms with Gasteiger partial charge < -0.3 is 4.57 Å². The zero-order valence-electron chi connectivity index (χ0n) is 30.3. The minimum atomic E-state index is 0.573. The molecule has 3 aromatic heterocycles. The van der Waals surface area contributed by atoms with Crippen molar-refractivity contribution in [3.63, 3.8) is 0 Å². The van der Waals surface area contributed by atoms with Crippen LogP contribution in [0.3, 0.4) is 0 Å². The van der Waals surface area contributed by atoms with E-state index in [2.05, 4.69) is 173 Å². The maximum absolute atomic E-state index is 5.26. The molecule has 0 aliphatic heterocycles. The summed E-state index contributed by atoms with van der Waals surface area (Å²) in [5.41, 5.74) is 12.0. The van der Waals surface area contributed by atoms with Gasteiger partial charge in [-0.3, -0.25) is 4.57 Å². The van der Waals surface area contributed by atoms with Crippen molar-refractivity contribution in [1.29, 1.82) is 0 Å². The number of para-hydroxylation sites is 2. The lowest BCUT2D eigenvalue weighted by molar-refractivity contribution is 0.955. The molecule has 5 nitrogen and oxygen atoms in total. The molecule has 0 fully saturated rings. The van der Waals surface area contributed by atoms with Crippen LogP contribution in [0.5, 0.6) is 0 Å². The number of benzene rings is 8. The summed E-state index contributed by atoms with van der Waals surface area (Å²) >= 11 is 0. The molecule has 0 aliphatic rings.